The summed E-state index contributed by atoms with van der Waals surface area (Å²) in [6.45, 7) is 2.04. The number of carbonyl (C=O) groups is 1. The van der Waals surface area contributed by atoms with Gasteiger partial charge < -0.3 is 15.2 Å². The van der Waals surface area contributed by atoms with E-state index in [1.54, 1.807) is 30.6 Å². The molecule has 0 saturated heterocycles. The summed E-state index contributed by atoms with van der Waals surface area (Å²) in [4.78, 5) is 20.6. The number of benzene rings is 1. The number of thiazole rings is 1. The fourth-order valence-corrected chi connectivity index (χ4v) is 3.06. The Morgan fingerprint density at radius 3 is 2.63 bits per heavy atom. The molecule has 8 heteroatoms. The normalized spacial score (nSPS) is 10.6. The summed E-state index contributed by atoms with van der Waals surface area (Å²) >= 11 is 1.45. The van der Waals surface area contributed by atoms with Crippen LogP contribution in [0.25, 0.3) is 11.5 Å². The third-order valence-corrected chi connectivity index (χ3v) is 4.50. The van der Waals surface area contributed by atoms with E-state index in [1.165, 1.54) is 16.9 Å². The summed E-state index contributed by atoms with van der Waals surface area (Å²) in [7, 11) is 0. The first kappa shape index (κ1) is 16.9. The monoisotopic (exact) mass is 377 g/mol. The van der Waals surface area contributed by atoms with Crippen molar-refractivity contribution < 1.29 is 9.32 Å². The van der Waals surface area contributed by atoms with Gasteiger partial charge in [0.05, 0.1) is 0 Å². The van der Waals surface area contributed by atoms with Crippen LogP contribution in [0.2, 0.25) is 0 Å². The smallest absolute Gasteiger partial charge is 0.277 e. The molecule has 0 fully saturated rings. The van der Waals surface area contributed by atoms with Crippen molar-refractivity contribution in [1.29, 1.82) is 0 Å². The van der Waals surface area contributed by atoms with Gasteiger partial charge in [-0.05, 0) is 31.2 Å². The van der Waals surface area contributed by atoms with Gasteiger partial charge in [-0.2, -0.15) is 0 Å². The molecular weight excluding hydrogens is 362 g/mol. The number of aryl methyl sites for hydroxylation is 1. The summed E-state index contributed by atoms with van der Waals surface area (Å²) in [5, 5.41) is 12.4. The third kappa shape index (κ3) is 4.01. The van der Waals surface area contributed by atoms with Crippen molar-refractivity contribution in [3.05, 3.63) is 71.5 Å². The van der Waals surface area contributed by atoms with Gasteiger partial charge in [-0.15, -0.1) is 11.3 Å². The number of hydrogen-bond acceptors (Lipinski definition) is 7. The molecule has 134 valence electrons. The van der Waals surface area contributed by atoms with Crippen LogP contribution in [0.15, 0.2) is 64.8 Å². The van der Waals surface area contributed by atoms with E-state index in [0.29, 0.717) is 17.1 Å². The topological polar surface area (TPSA) is 92.9 Å². The number of anilines is 3. The Morgan fingerprint density at radius 1 is 1.07 bits per heavy atom. The summed E-state index contributed by atoms with van der Waals surface area (Å²) in [6, 6.07) is 13.0. The molecule has 0 aliphatic rings. The second-order valence-corrected chi connectivity index (χ2v) is 6.65. The largest absolute Gasteiger partial charge is 0.354 e. The van der Waals surface area contributed by atoms with E-state index in [2.05, 4.69) is 25.8 Å². The van der Waals surface area contributed by atoms with Crippen LogP contribution in [0.4, 0.5) is 16.5 Å². The SMILES string of the molecule is Cc1ccc(Nc2nc(-c3cc(C(=O)Nc4ccncc4)no3)cs2)cc1. The number of carbonyl (C=O) groups excluding carboxylic acids is 1. The van der Waals surface area contributed by atoms with Crippen LogP contribution in [0.1, 0.15) is 16.1 Å². The van der Waals surface area contributed by atoms with Gasteiger partial charge in [0.25, 0.3) is 5.91 Å². The quantitative estimate of drug-likeness (QED) is 0.532. The molecule has 4 aromatic rings. The van der Waals surface area contributed by atoms with Gasteiger partial charge in [-0.3, -0.25) is 9.78 Å². The lowest BCUT2D eigenvalue weighted by molar-refractivity contribution is 0.101. The zero-order valence-corrected chi connectivity index (χ0v) is 15.2. The molecule has 0 radical (unpaired) electrons. The lowest BCUT2D eigenvalue weighted by Gasteiger charge is -2.02. The Hall–Kier alpha value is -3.52. The van der Waals surface area contributed by atoms with E-state index in [4.69, 9.17) is 4.52 Å². The van der Waals surface area contributed by atoms with Crippen LogP contribution < -0.4 is 10.6 Å². The Kier molecular flexibility index (Phi) is 4.63. The molecule has 0 atom stereocenters. The molecule has 7 nitrogen and oxygen atoms in total. The zero-order valence-electron chi connectivity index (χ0n) is 14.3. The highest BCUT2D eigenvalue weighted by atomic mass is 32.1. The van der Waals surface area contributed by atoms with Crippen LogP contribution in [0, 0.1) is 6.92 Å². The van der Waals surface area contributed by atoms with E-state index in [0.717, 1.165) is 10.8 Å². The van der Waals surface area contributed by atoms with Gasteiger partial charge in [0.2, 0.25) is 0 Å². The first-order chi connectivity index (χ1) is 13.2. The summed E-state index contributed by atoms with van der Waals surface area (Å²) in [6.07, 6.45) is 3.20. The first-order valence-electron chi connectivity index (χ1n) is 8.15. The highest BCUT2D eigenvalue weighted by Gasteiger charge is 2.16. The van der Waals surface area contributed by atoms with Gasteiger partial charge in [0.15, 0.2) is 16.6 Å². The van der Waals surface area contributed by atoms with Crippen molar-refractivity contribution in [3.8, 4) is 11.5 Å². The first-order valence-corrected chi connectivity index (χ1v) is 9.03. The summed E-state index contributed by atoms with van der Waals surface area (Å²) in [5.41, 5.74) is 3.59. The highest BCUT2D eigenvalue weighted by Crippen LogP contribution is 2.27. The number of aromatic nitrogens is 3. The van der Waals surface area contributed by atoms with E-state index in [-0.39, 0.29) is 11.6 Å². The Balaban J connectivity index is 1.46. The molecule has 0 aliphatic carbocycles. The Labute approximate surface area is 159 Å². The van der Waals surface area contributed by atoms with Crippen molar-refractivity contribution in [2.75, 3.05) is 10.6 Å². The van der Waals surface area contributed by atoms with Crippen LogP contribution in [0.3, 0.4) is 0 Å². The molecule has 0 unspecified atom stereocenters. The van der Waals surface area contributed by atoms with E-state index in [1.807, 2.05) is 36.6 Å². The van der Waals surface area contributed by atoms with E-state index >= 15 is 0 Å². The predicted octanol–water partition coefficient (Wildman–Crippen LogP) is 4.50. The molecule has 3 heterocycles. The predicted molar refractivity (Wildman–Crippen MR) is 104 cm³/mol. The molecule has 0 aliphatic heterocycles. The highest BCUT2D eigenvalue weighted by molar-refractivity contribution is 7.14. The number of rotatable bonds is 5. The lowest BCUT2D eigenvalue weighted by atomic mass is 10.2. The average molecular weight is 377 g/mol. The van der Waals surface area contributed by atoms with Gasteiger partial charge in [-0.25, -0.2) is 4.98 Å². The van der Waals surface area contributed by atoms with Crippen LogP contribution in [-0.4, -0.2) is 21.0 Å². The Morgan fingerprint density at radius 2 is 1.85 bits per heavy atom. The van der Waals surface area contributed by atoms with Crippen LogP contribution in [0.5, 0.6) is 0 Å². The van der Waals surface area contributed by atoms with E-state index < -0.39 is 0 Å². The minimum atomic E-state index is -0.357. The van der Waals surface area contributed by atoms with Crippen molar-refractivity contribution in [3.63, 3.8) is 0 Å². The maximum atomic E-state index is 12.2. The number of pyridine rings is 1. The third-order valence-electron chi connectivity index (χ3n) is 3.74. The van der Waals surface area contributed by atoms with Crippen molar-refractivity contribution >= 4 is 33.8 Å². The number of nitrogens with one attached hydrogen (secondary N) is 2. The fraction of sp³-hybridized carbons (Fsp3) is 0.0526. The zero-order chi connectivity index (χ0) is 18.6. The minimum absolute atomic E-state index is 0.183. The molecule has 3 aromatic heterocycles. The molecule has 4 rings (SSSR count). The molecule has 1 amide bonds. The van der Waals surface area contributed by atoms with Crippen molar-refractivity contribution in [2.45, 2.75) is 6.92 Å². The summed E-state index contributed by atoms with van der Waals surface area (Å²) in [5.74, 6) is 0.0764. The molecule has 1 aromatic carbocycles. The maximum Gasteiger partial charge on any atom is 0.277 e. The molecular formula is C19H15N5O2S. The second-order valence-electron chi connectivity index (χ2n) is 5.80. The molecule has 0 bridgehead atoms. The van der Waals surface area contributed by atoms with Crippen molar-refractivity contribution in [1.82, 2.24) is 15.1 Å². The number of nitrogens with zero attached hydrogens (tertiary/aromatic N) is 3. The number of amides is 1. The average Bonchev–Trinajstić information content (AvgIpc) is 3.34. The van der Waals surface area contributed by atoms with Crippen molar-refractivity contribution in [2.24, 2.45) is 0 Å². The van der Waals surface area contributed by atoms with Gasteiger partial charge in [0.1, 0.15) is 5.69 Å². The maximum absolute atomic E-state index is 12.2. The van der Waals surface area contributed by atoms with Crippen LogP contribution in [-0.2, 0) is 0 Å². The summed E-state index contributed by atoms with van der Waals surface area (Å²) < 4.78 is 5.28. The van der Waals surface area contributed by atoms with Gasteiger partial charge in [0, 0.05) is 35.2 Å². The van der Waals surface area contributed by atoms with E-state index in [9.17, 15) is 4.79 Å². The fourth-order valence-electron chi connectivity index (χ4n) is 2.34. The molecule has 0 spiro atoms. The minimum Gasteiger partial charge on any atom is -0.354 e. The Bertz CT molecular complexity index is 1060. The molecule has 0 saturated carbocycles. The van der Waals surface area contributed by atoms with Crippen LogP contribution >= 0.6 is 11.3 Å². The van der Waals surface area contributed by atoms with Gasteiger partial charge >= 0.3 is 0 Å². The number of hydrogen-bond donors (Lipinski definition) is 2. The second kappa shape index (κ2) is 7.38. The lowest BCUT2D eigenvalue weighted by Crippen LogP contribution is -2.11. The molecule has 2 N–H and O–H groups in total. The standard InChI is InChI=1S/C19H15N5O2S/c1-12-2-4-13(5-3-12)22-19-23-16(11-27-19)17-10-15(24-26-17)18(25)21-14-6-8-20-9-7-14/h2-11H,1H3,(H,22,23)(H,20,21,25). The molecule has 27 heavy (non-hydrogen) atoms. The van der Waals surface area contributed by atoms with Gasteiger partial charge in [-0.1, -0.05) is 22.9 Å².